The molecule has 8 heteroatoms. The largest absolute Gasteiger partial charge is 0.477 e. The molecule has 0 aliphatic carbocycles. The summed E-state index contributed by atoms with van der Waals surface area (Å²) in [4.78, 5) is 12.8. The van der Waals surface area contributed by atoms with Crippen LogP contribution < -0.4 is 4.72 Å². The molecule has 1 rings (SSSR count). The lowest BCUT2D eigenvalue weighted by atomic mass is 9.93. The summed E-state index contributed by atoms with van der Waals surface area (Å²) in [5, 5.41) is 10.6. The molecule has 1 aromatic rings. The molecule has 21 heavy (non-hydrogen) atoms. The van der Waals surface area contributed by atoms with Gasteiger partial charge in [0.05, 0.1) is 0 Å². The molecule has 0 fully saturated rings. The van der Waals surface area contributed by atoms with Gasteiger partial charge < -0.3 is 10.0 Å². The molecule has 0 amide bonds. The standard InChI is InChI=1S/C13H22N2O4S2/c1-9-6-20-10(12(16)17)11(9)21(18,19)14-7-13(2,3)8-15(4)5/h6,14H,7-8H2,1-5H3,(H,16,17). The summed E-state index contributed by atoms with van der Waals surface area (Å²) in [6.45, 7) is 6.45. The molecular weight excluding hydrogens is 312 g/mol. The van der Waals surface area contributed by atoms with Crippen LogP contribution in [0.2, 0.25) is 0 Å². The second-order valence-corrected chi connectivity index (χ2v) is 8.69. The lowest BCUT2D eigenvalue weighted by Gasteiger charge is -2.28. The van der Waals surface area contributed by atoms with E-state index in [1.165, 1.54) is 0 Å². The van der Waals surface area contributed by atoms with E-state index in [9.17, 15) is 13.2 Å². The molecule has 0 aliphatic rings. The van der Waals surface area contributed by atoms with Gasteiger partial charge in [0.1, 0.15) is 9.77 Å². The summed E-state index contributed by atoms with van der Waals surface area (Å²) in [6, 6.07) is 0. The predicted molar refractivity (Wildman–Crippen MR) is 83.5 cm³/mol. The maximum Gasteiger partial charge on any atom is 0.347 e. The highest BCUT2D eigenvalue weighted by atomic mass is 32.2. The van der Waals surface area contributed by atoms with Gasteiger partial charge in [0.2, 0.25) is 10.0 Å². The molecule has 1 heterocycles. The van der Waals surface area contributed by atoms with Crippen molar-refractivity contribution in [3.63, 3.8) is 0 Å². The minimum atomic E-state index is -3.83. The van der Waals surface area contributed by atoms with E-state index in [1.807, 2.05) is 32.8 Å². The Morgan fingerprint density at radius 1 is 1.43 bits per heavy atom. The molecule has 0 aromatic carbocycles. The lowest BCUT2D eigenvalue weighted by molar-refractivity contribution is 0.0698. The summed E-state index contributed by atoms with van der Waals surface area (Å²) in [6.07, 6.45) is 0. The van der Waals surface area contributed by atoms with Crippen molar-refractivity contribution in [3.05, 3.63) is 15.8 Å². The smallest absolute Gasteiger partial charge is 0.347 e. The molecule has 120 valence electrons. The van der Waals surface area contributed by atoms with E-state index in [0.717, 1.165) is 11.3 Å². The molecule has 0 bridgehead atoms. The Labute approximate surface area is 129 Å². The first-order valence-corrected chi connectivity index (χ1v) is 8.78. The number of carboxylic acid groups (broad SMARTS) is 1. The number of aromatic carboxylic acids is 1. The zero-order valence-electron chi connectivity index (χ0n) is 12.9. The summed E-state index contributed by atoms with van der Waals surface area (Å²) in [5.41, 5.74) is 0.194. The number of carbonyl (C=O) groups is 1. The van der Waals surface area contributed by atoms with E-state index in [4.69, 9.17) is 5.11 Å². The molecule has 0 spiro atoms. The van der Waals surface area contributed by atoms with Crippen LogP contribution in [0.1, 0.15) is 29.1 Å². The monoisotopic (exact) mass is 334 g/mol. The number of aryl methyl sites for hydroxylation is 1. The number of nitrogens with one attached hydrogen (secondary N) is 1. The number of hydrogen-bond acceptors (Lipinski definition) is 5. The van der Waals surface area contributed by atoms with Crippen molar-refractivity contribution in [1.82, 2.24) is 9.62 Å². The van der Waals surface area contributed by atoms with Gasteiger partial charge in [-0.1, -0.05) is 13.8 Å². The van der Waals surface area contributed by atoms with E-state index in [1.54, 1.807) is 12.3 Å². The van der Waals surface area contributed by atoms with E-state index in [-0.39, 0.29) is 21.7 Å². The Balaban J connectivity index is 2.98. The van der Waals surface area contributed by atoms with Crippen LogP contribution in [0.4, 0.5) is 0 Å². The van der Waals surface area contributed by atoms with Gasteiger partial charge in [0.25, 0.3) is 0 Å². The predicted octanol–water partition coefficient (Wildman–Crippen LogP) is 1.62. The third kappa shape index (κ3) is 4.77. The fraction of sp³-hybridized carbons (Fsp3) is 0.615. The fourth-order valence-corrected chi connectivity index (χ4v) is 5.06. The average Bonchev–Trinajstić information content (AvgIpc) is 2.68. The van der Waals surface area contributed by atoms with Gasteiger partial charge in [-0.15, -0.1) is 11.3 Å². The highest BCUT2D eigenvalue weighted by Crippen LogP contribution is 2.27. The van der Waals surface area contributed by atoms with Crippen LogP contribution in [0, 0.1) is 12.3 Å². The Bertz CT molecular complexity index is 618. The first-order valence-electron chi connectivity index (χ1n) is 6.42. The van der Waals surface area contributed by atoms with Crippen LogP contribution in [-0.4, -0.2) is 51.6 Å². The molecule has 0 saturated carbocycles. The summed E-state index contributed by atoms with van der Waals surface area (Å²) < 4.78 is 27.3. The van der Waals surface area contributed by atoms with E-state index >= 15 is 0 Å². The Hall–Kier alpha value is -0.960. The van der Waals surface area contributed by atoms with Gasteiger partial charge >= 0.3 is 5.97 Å². The van der Waals surface area contributed by atoms with Gasteiger partial charge in [-0.2, -0.15) is 0 Å². The zero-order chi connectivity index (χ0) is 16.4. The summed E-state index contributed by atoms with van der Waals surface area (Å²) >= 11 is 0.928. The summed E-state index contributed by atoms with van der Waals surface area (Å²) in [5.74, 6) is -1.22. The number of hydrogen-bond donors (Lipinski definition) is 2. The highest BCUT2D eigenvalue weighted by molar-refractivity contribution is 7.89. The number of carboxylic acids is 1. The Morgan fingerprint density at radius 2 is 2.00 bits per heavy atom. The number of sulfonamides is 1. The van der Waals surface area contributed by atoms with Crippen molar-refractivity contribution in [2.45, 2.75) is 25.7 Å². The summed E-state index contributed by atoms with van der Waals surface area (Å²) in [7, 11) is 0.00571. The first-order chi connectivity index (χ1) is 9.46. The van der Waals surface area contributed by atoms with E-state index in [2.05, 4.69) is 4.72 Å². The highest BCUT2D eigenvalue weighted by Gasteiger charge is 2.29. The van der Waals surface area contributed by atoms with Crippen molar-refractivity contribution in [2.24, 2.45) is 5.41 Å². The normalized spacial score (nSPS) is 12.9. The topological polar surface area (TPSA) is 86.7 Å². The first kappa shape index (κ1) is 18.1. The molecule has 0 saturated heterocycles. The van der Waals surface area contributed by atoms with E-state index < -0.39 is 16.0 Å². The molecule has 0 unspecified atom stereocenters. The Morgan fingerprint density at radius 3 is 2.48 bits per heavy atom. The second kappa shape index (κ2) is 6.43. The molecule has 0 atom stereocenters. The molecule has 0 aliphatic heterocycles. The van der Waals surface area contributed by atoms with Crippen LogP contribution >= 0.6 is 11.3 Å². The van der Waals surface area contributed by atoms with Crippen LogP contribution in [0.5, 0.6) is 0 Å². The van der Waals surface area contributed by atoms with Crippen LogP contribution in [-0.2, 0) is 10.0 Å². The number of thiophene rings is 1. The number of rotatable bonds is 7. The third-order valence-corrected chi connectivity index (χ3v) is 5.67. The average molecular weight is 334 g/mol. The van der Waals surface area contributed by atoms with Gasteiger partial charge in [-0.25, -0.2) is 17.9 Å². The van der Waals surface area contributed by atoms with Gasteiger partial charge in [0.15, 0.2) is 0 Å². The third-order valence-electron chi connectivity index (χ3n) is 2.87. The minimum Gasteiger partial charge on any atom is -0.477 e. The van der Waals surface area contributed by atoms with Crippen LogP contribution in [0.25, 0.3) is 0 Å². The van der Waals surface area contributed by atoms with Gasteiger partial charge in [0, 0.05) is 13.1 Å². The van der Waals surface area contributed by atoms with Crippen LogP contribution in [0.3, 0.4) is 0 Å². The molecule has 6 nitrogen and oxygen atoms in total. The van der Waals surface area contributed by atoms with Gasteiger partial charge in [-0.3, -0.25) is 0 Å². The van der Waals surface area contributed by atoms with Crippen molar-refractivity contribution >= 4 is 27.3 Å². The molecule has 0 radical (unpaired) electrons. The van der Waals surface area contributed by atoms with Crippen molar-refractivity contribution in [1.29, 1.82) is 0 Å². The van der Waals surface area contributed by atoms with Crippen molar-refractivity contribution < 1.29 is 18.3 Å². The van der Waals surface area contributed by atoms with Gasteiger partial charge in [-0.05, 0) is 37.4 Å². The van der Waals surface area contributed by atoms with Crippen molar-refractivity contribution in [3.8, 4) is 0 Å². The maximum absolute atomic E-state index is 12.4. The van der Waals surface area contributed by atoms with Crippen LogP contribution in [0.15, 0.2) is 10.3 Å². The molecular formula is C13H22N2O4S2. The fourth-order valence-electron chi connectivity index (χ4n) is 2.19. The van der Waals surface area contributed by atoms with E-state index in [0.29, 0.717) is 12.1 Å². The zero-order valence-corrected chi connectivity index (χ0v) is 14.6. The Kier molecular flexibility index (Phi) is 5.54. The second-order valence-electron chi connectivity index (χ2n) is 6.11. The SMILES string of the molecule is Cc1csc(C(=O)O)c1S(=O)(=O)NCC(C)(C)CN(C)C. The lowest BCUT2D eigenvalue weighted by Crippen LogP contribution is -2.40. The molecule has 2 N–H and O–H groups in total. The number of nitrogens with zero attached hydrogens (tertiary/aromatic N) is 1. The van der Waals surface area contributed by atoms with Crippen molar-refractivity contribution in [2.75, 3.05) is 27.2 Å². The minimum absolute atomic E-state index is 0.124. The quantitative estimate of drug-likeness (QED) is 0.791. The maximum atomic E-state index is 12.4. The molecule has 1 aromatic heterocycles.